The Labute approximate surface area is 427 Å². The summed E-state index contributed by atoms with van der Waals surface area (Å²) in [6, 6.07) is 1.24. The number of hydrogen-bond donors (Lipinski definition) is 6. The molecule has 1 saturated heterocycles. The van der Waals surface area contributed by atoms with E-state index in [1.54, 1.807) is 12.2 Å². The molecule has 7 N–H and O–H groups in total. The molecule has 8 atom stereocenters. The number of aromatic nitrogens is 2. The number of carbonyl (C=O) groups excluding carboxylic acids is 2. The van der Waals surface area contributed by atoms with E-state index >= 15 is 0 Å². The molecule has 0 aromatic carbocycles. The Morgan fingerprint density at radius 1 is 0.764 bits per heavy atom. The van der Waals surface area contributed by atoms with Gasteiger partial charge in [-0.25, -0.2) is 13.9 Å². The van der Waals surface area contributed by atoms with E-state index in [1.165, 1.54) is 83.1 Å². The molecule has 19 nitrogen and oxygen atoms in total. The highest BCUT2D eigenvalue weighted by molar-refractivity contribution is 7.61. The van der Waals surface area contributed by atoms with Gasteiger partial charge in [0.2, 0.25) is 0 Å². The van der Waals surface area contributed by atoms with Crippen molar-refractivity contribution in [1.29, 1.82) is 0 Å². The summed E-state index contributed by atoms with van der Waals surface area (Å²) in [4.78, 5) is 62.0. The first-order valence-electron chi connectivity index (χ1n) is 26.1. The van der Waals surface area contributed by atoms with Crippen molar-refractivity contribution in [2.75, 3.05) is 25.6 Å². The first-order valence-corrected chi connectivity index (χ1v) is 29.1. The van der Waals surface area contributed by atoms with Gasteiger partial charge >= 0.3 is 33.3 Å². The van der Waals surface area contributed by atoms with Gasteiger partial charge in [-0.2, -0.15) is 9.29 Å². The van der Waals surface area contributed by atoms with Crippen LogP contribution in [0.5, 0.6) is 0 Å². The number of aliphatic hydroxyl groups is 3. The summed E-state index contributed by atoms with van der Waals surface area (Å²) >= 11 is 0. The first kappa shape index (κ1) is 64.8. The SMILES string of the molecule is CCCCC/C=C\C/C=C\C/C=C\C=C\[C@H](O)CCCC(=O)O[C@H](COC(=O)CCCCCCCCCCCCCCCC(C)C)COP(=O)(O)OP(=O)(O)OC[C@H]1O[C@@H](n2ccc(N)nc2=O)[C@H](O)[C@@H]1O. The lowest BCUT2D eigenvalue weighted by molar-refractivity contribution is -0.161. The zero-order valence-corrected chi connectivity index (χ0v) is 44.8. The molecule has 2 rings (SSSR count). The summed E-state index contributed by atoms with van der Waals surface area (Å²) in [5.41, 5.74) is 4.57. The molecule has 412 valence electrons. The summed E-state index contributed by atoms with van der Waals surface area (Å²) in [6.45, 7) is 4.26. The molecule has 1 aliphatic rings. The Hall–Kier alpha value is -3.32. The Kier molecular flexibility index (Phi) is 34.4. The third-order valence-electron chi connectivity index (χ3n) is 11.7. The Bertz CT molecular complexity index is 1930. The number of hydrogen-bond acceptors (Lipinski definition) is 16. The van der Waals surface area contributed by atoms with Crippen molar-refractivity contribution in [3.8, 4) is 0 Å². The molecule has 0 radical (unpaired) electrons. The minimum absolute atomic E-state index is 0.0876. The fraction of sp³-hybridized carbons (Fsp3) is 0.725. The Morgan fingerprint density at radius 3 is 2.00 bits per heavy atom. The molecule has 21 heteroatoms. The highest BCUT2D eigenvalue weighted by Crippen LogP contribution is 2.60. The van der Waals surface area contributed by atoms with Crippen LogP contribution in [-0.4, -0.2) is 96.9 Å². The molecule has 1 aliphatic heterocycles. The number of anilines is 1. The molecule has 2 unspecified atom stereocenters. The summed E-state index contributed by atoms with van der Waals surface area (Å²) in [5, 5.41) is 31.3. The number of carbonyl (C=O) groups is 2. The fourth-order valence-electron chi connectivity index (χ4n) is 7.60. The number of esters is 2. The predicted octanol–water partition coefficient (Wildman–Crippen LogP) is 9.77. The monoisotopic (exact) mass is 1060 g/mol. The van der Waals surface area contributed by atoms with Gasteiger partial charge in [0.1, 0.15) is 30.7 Å². The number of ether oxygens (including phenoxy) is 3. The van der Waals surface area contributed by atoms with Crippen LogP contribution in [0.1, 0.15) is 181 Å². The van der Waals surface area contributed by atoms with Crippen molar-refractivity contribution >= 4 is 33.4 Å². The van der Waals surface area contributed by atoms with E-state index in [9.17, 15) is 48.6 Å². The van der Waals surface area contributed by atoms with Crippen LogP contribution in [0.4, 0.5) is 5.82 Å². The predicted molar refractivity (Wildman–Crippen MR) is 276 cm³/mol. The van der Waals surface area contributed by atoms with E-state index in [-0.39, 0.29) is 31.5 Å². The van der Waals surface area contributed by atoms with Crippen LogP contribution in [0.25, 0.3) is 0 Å². The topological polar surface area (TPSA) is 286 Å². The van der Waals surface area contributed by atoms with Crippen LogP contribution < -0.4 is 11.4 Å². The molecule has 1 aromatic rings. The molecular formula is C51H87N3O16P2. The van der Waals surface area contributed by atoms with Gasteiger partial charge in [-0.1, -0.05) is 166 Å². The molecule has 0 aliphatic carbocycles. The second kappa shape index (κ2) is 38.3. The van der Waals surface area contributed by atoms with Gasteiger partial charge in [0.15, 0.2) is 12.3 Å². The number of allylic oxidation sites excluding steroid dienone is 7. The van der Waals surface area contributed by atoms with Crippen LogP contribution >= 0.6 is 15.6 Å². The minimum atomic E-state index is -5.47. The average Bonchev–Trinajstić information content (AvgIpc) is 3.60. The maximum absolute atomic E-state index is 12.9. The number of nitrogens with zero attached hydrogens (tertiary/aromatic N) is 2. The minimum Gasteiger partial charge on any atom is -0.462 e. The van der Waals surface area contributed by atoms with Crippen LogP contribution in [-0.2, 0) is 46.3 Å². The summed E-state index contributed by atoms with van der Waals surface area (Å²) in [6.07, 6.45) is 30.8. The lowest BCUT2D eigenvalue weighted by Crippen LogP contribution is -2.36. The lowest BCUT2D eigenvalue weighted by atomic mass is 10.0. The van der Waals surface area contributed by atoms with E-state index in [0.717, 1.165) is 61.6 Å². The maximum Gasteiger partial charge on any atom is 0.481 e. The standard InChI is InChI=1S/C51H87N3O16P2/c1-4-5-6-7-8-9-10-12-16-19-22-25-28-32-42(55)33-30-35-47(57)68-43(38-65-46(56)34-29-26-23-20-17-14-11-13-15-18-21-24-27-31-41(2)3)39-66-71(61,62)70-72(63,64)67-40-44-48(58)49(59)50(69-44)54-37-36-45(52)53-51(54)60/h8-9,12,16,22,25,28,32,36-37,41-44,48-50,55,58-59H,4-7,10-11,13-15,17-21,23-24,26-27,29-31,33-35,38-40H2,1-3H3,(H,61,62)(H,63,64)(H2,52,53,60)/b9-8-,16-12-,25-22-,32-28+/t42-,43+,44+,48+,49+,50+/m0/s1. The summed E-state index contributed by atoms with van der Waals surface area (Å²) in [7, 11) is -10.9. The smallest absolute Gasteiger partial charge is 0.462 e. The molecule has 0 amide bonds. The van der Waals surface area contributed by atoms with Crippen LogP contribution in [0.2, 0.25) is 0 Å². The normalized spacial score (nSPS) is 20.0. The van der Waals surface area contributed by atoms with E-state index in [4.69, 9.17) is 29.0 Å². The van der Waals surface area contributed by atoms with Crippen molar-refractivity contribution in [3.63, 3.8) is 0 Å². The van der Waals surface area contributed by atoms with Crippen molar-refractivity contribution in [2.45, 2.75) is 212 Å². The third-order valence-corrected chi connectivity index (χ3v) is 14.3. The number of nitrogen functional groups attached to an aromatic ring is 1. The molecule has 0 bridgehead atoms. The van der Waals surface area contributed by atoms with Crippen molar-refractivity contribution in [3.05, 3.63) is 71.4 Å². The Balaban J connectivity index is 1.85. The molecule has 0 spiro atoms. The number of aliphatic hydroxyl groups excluding tert-OH is 3. The number of unbranched alkanes of at least 4 members (excludes halogenated alkanes) is 15. The second-order valence-corrected chi connectivity index (χ2v) is 21.7. The lowest BCUT2D eigenvalue weighted by Gasteiger charge is -2.21. The van der Waals surface area contributed by atoms with Gasteiger partial charge < -0.3 is 45.1 Å². The number of phosphoric ester groups is 2. The first-order chi connectivity index (χ1) is 34.4. The van der Waals surface area contributed by atoms with E-state index in [2.05, 4.69) is 54.4 Å². The highest BCUT2D eigenvalue weighted by atomic mass is 31.3. The zero-order valence-electron chi connectivity index (χ0n) is 43.0. The van der Waals surface area contributed by atoms with Crippen molar-refractivity contribution < 1.29 is 71.4 Å². The van der Waals surface area contributed by atoms with Gasteiger partial charge in [-0.05, 0) is 56.9 Å². The fourth-order valence-corrected chi connectivity index (χ4v) is 9.71. The maximum atomic E-state index is 12.9. The summed E-state index contributed by atoms with van der Waals surface area (Å²) in [5.74, 6) is -0.725. The Morgan fingerprint density at radius 2 is 1.36 bits per heavy atom. The molecule has 2 heterocycles. The van der Waals surface area contributed by atoms with Gasteiger partial charge in [-0.15, -0.1) is 0 Å². The molecular weight excluding hydrogens is 973 g/mol. The molecule has 72 heavy (non-hydrogen) atoms. The van der Waals surface area contributed by atoms with E-state index in [1.807, 2.05) is 12.2 Å². The zero-order chi connectivity index (χ0) is 53.0. The van der Waals surface area contributed by atoms with E-state index < -0.39 is 89.8 Å². The third kappa shape index (κ3) is 31.4. The van der Waals surface area contributed by atoms with Gasteiger partial charge in [-0.3, -0.25) is 23.2 Å². The van der Waals surface area contributed by atoms with Crippen LogP contribution in [0.3, 0.4) is 0 Å². The van der Waals surface area contributed by atoms with Gasteiger partial charge in [0, 0.05) is 19.0 Å². The summed E-state index contributed by atoms with van der Waals surface area (Å²) < 4.78 is 56.6. The average molecular weight is 1060 g/mol. The van der Waals surface area contributed by atoms with Crippen molar-refractivity contribution in [2.24, 2.45) is 5.92 Å². The molecule has 1 aromatic heterocycles. The largest absolute Gasteiger partial charge is 0.481 e. The highest BCUT2D eigenvalue weighted by Gasteiger charge is 2.46. The van der Waals surface area contributed by atoms with Crippen LogP contribution in [0, 0.1) is 5.92 Å². The van der Waals surface area contributed by atoms with Gasteiger partial charge in [0.05, 0.1) is 19.3 Å². The van der Waals surface area contributed by atoms with Gasteiger partial charge in [0.25, 0.3) is 0 Å². The molecule has 0 saturated carbocycles. The van der Waals surface area contributed by atoms with E-state index in [0.29, 0.717) is 6.42 Å². The quantitative estimate of drug-likeness (QED) is 0.0117. The second-order valence-electron chi connectivity index (χ2n) is 18.7. The number of nitrogens with two attached hydrogens (primary N) is 1. The van der Waals surface area contributed by atoms with Crippen molar-refractivity contribution in [1.82, 2.24) is 9.55 Å². The number of rotatable bonds is 42. The van der Waals surface area contributed by atoms with Crippen LogP contribution in [0.15, 0.2) is 65.7 Å². The number of phosphoric acid groups is 2. The molecule has 1 fully saturated rings.